The van der Waals surface area contributed by atoms with Gasteiger partial charge in [-0.15, -0.1) is 6.58 Å². The maximum absolute atomic E-state index is 3.86. The molecule has 2 atom stereocenters. The lowest BCUT2D eigenvalue weighted by Crippen LogP contribution is -1.97. The van der Waals surface area contributed by atoms with Crippen LogP contribution < -0.4 is 0 Å². The third kappa shape index (κ3) is 2.17. The van der Waals surface area contributed by atoms with E-state index >= 15 is 0 Å². The first-order chi connectivity index (χ1) is 4.88. The van der Waals surface area contributed by atoms with Gasteiger partial charge in [-0.2, -0.15) is 0 Å². The standard InChI is InChI=1S/C10H17/c1-3-5-6-9(4-2)10-7-8-10/h4,7,9-10H,2-3,5-6,8H2,1H3. The molecule has 2 unspecified atom stereocenters. The van der Waals surface area contributed by atoms with Gasteiger partial charge >= 0.3 is 0 Å². The number of hydrogen-bond donors (Lipinski definition) is 0. The molecule has 0 amide bonds. The predicted molar refractivity (Wildman–Crippen MR) is 45.6 cm³/mol. The van der Waals surface area contributed by atoms with Gasteiger partial charge in [0.05, 0.1) is 0 Å². The van der Waals surface area contributed by atoms with Crippen LogP contribution in [-0.4, -0.2) is 0 Å². The van der Waals surface area contributed by atoms with Crippen LogP contribution in [0.5, 0.6) is 0 Å². The maximum Gasteiger partial charge on any atom is -0.0205 e. The first-order valence-corrected chi connectivity index (χ1v) is 4.34. The monoisotopic (exact) mass is 137 g/mol. The van der Waals surface area contributed by atoms with Gasteiger partial charge in [-0.1, -0.05) is 25.8 Å². The van der Waals surface area contributed by atoms with Crippen LogP contribution in [-0.2, 0) is 0 Å². The van der Waals surface area contributed by atoms with E-state index in [9.17, 15) is 0 Å². The van der Waals surface area contributed by atoms with Crippen LogP contribution in [0, 0.1) is 18.3 Å². The SMILES string of the molecule is C=CC(CCCC)C1[CH]C1. The zero-order valence-electron chi connectivity index (χ0n) is 6.84. The first-order valence-electron chi connectivity index (χ1n) is 4.34. The van der Waals surface area contributed by atoms with E-state index in [2.05, 4.69) is 26.0 Å². The Balaban J connectivity index is 2.12. The lowest BCUT2D eigenvalue weighted by atomic mass is 9.97. The maximum atomic E-state index is 3.86. The molecule has 0 bridgehead atoms. The Morgan fingerprint density at radius 2 is 2.50 bits per heavy atom. The molecule has 0 N–H and O–H groups in total. The molecular weight excluding hydrogens is 120 g/mol. The molecule has 0 heteroatoms. The largest absolute Gasteiger partial charge is 0.103 e. The molecule has 0 aromatic carbocycles. The summed E-state index contributed by atoms with van der Waals surface area (Å²) in [7, 11) is 0. The molecule has 10 heavy (non-hydrogen) atoms. The van der Waals surface area contributed by atoms with Crippen molar-refractivity contribution in [1.82, 2.24) is 0 Å². The number of rotatable bonds is 5. The molecule has 1 rings (SSSR count). The highest BCUT2D eigenvalue weighted by atomic mass is 14.3. The Labute approximate surface area is 64.3 Å². The summed E-state index contributed by atoms with van der Waals surface area (Å²) < 4.78 is 0. The molecular formula is C10H17. The van der Waals surface area contributed by atoms with Gasteiger partial charge in [-0.05, 0) is 31.1 Å². The zero-order chi connectivity index (χ0) is 7.40. The summed E-state index contributed by atoms with van der Waals surface area (Å²) in [5.41, 5.74) is 0. The minimum atomic E-state index is 0.792. The van der Waals surface area contributed by atoms with Crippen molar-refractivity contribution in [3.63, 3.8) is 0 Å². The van der Waals surface area contributed by atoms with Crippen molar-refractivity contribution in [3.8, 4) is 0 Å². The molecule has 1 saturated carbocycles. The van der Waals surface area contributed by atoms with Crippen molar-refractivity contribution in [2.24, 2.45) is 11.8 Å². The van der Waals surface area contributed by atoms with E-state index < -0.39 is 0 Å². The van der Waals surface area contributed by atoms with E-state index in [0.717, 1.165) is 11.8 Å². The van der Waals surface area contributed by atoms with Crippen LogP contribution >= 0.6 is 0 Å². The van der Waals surface area contributed by atoms with E-state index in [0.29, 0.717) is 0 Å². The average Bonchev–Trinajstić information content (AvgIpc) is 2.73. The van der Waals surface area contributed by atoms with Crippen molar-refractivity contribution >= 4 is 0 Å². The van der Waals surface area contributed by atoms with Crippen LogP contribution in [0.1, 0.15) is 32.6 Å². The molecule has 1 fully saturated rings. The molecule has 1 aliphatic rings. The second kappa shape index (κ2) is 3.80. The summed E-state index contributed by atoms with van der Waals surface area (Å²) in [6.07, 6.45) is 9.88. The van der Waals surface area contributed by atoms with E-state index in [4.69, 9.17) is 0 Å². The highest BCUT2D eigenvalue weighted by molar-refractivity contribution is 5.03. The van der Waals surface area contributed by atoms with Crippen LogP contribution in [0.25, 0.3) is 0 Å². The summed E-state index contributed by atoms with van der Waals surface area (Å²) in [5.74, 6) is 1.68. The highest BCUT2D eigenvalue weighted by Crippen LogP contribution is 2.38. The van der Waals surface area contributed by atoms with Crippen LogP contribution in [0.3, 0.4) is 0 Å². The van der Waals surface area contributed by atoms with E-state index in [1.54, 1.807) is 0 Å². The lowest BCUT2D eigenvalue weighted by molar-refractivity contribution is 0.511. The minimum absolute atomic E-state index is 0.792. The third-order valence-electron chi connectivity index (χ3n) is 2.25. The molecule has 1 radical (unpaired) electrons. The molecule has 0 heterocycles. The first kappa shape index (κ1) is 7.84. The third-order valence-corrected chi connectivity index (χ3v) is 2.25. The second-order valence-electron chi connectivity index (χ2n) is 3.18. The summed E-state index contributed by atoms with van der Waals surface area (Å²) in [5, 5.41) is 0. The Morgan fingerprint density at radius 1 is 1.80 bits per heavy atom. The van der Waals surface area contributed by atoms with Crippen LogP contribution in [0.15, 0.2) is 12.7 Å². The van der Waals surface area contributed by atoms with Crippen LogP contribution in [0.2, 0.25) is 0 Å². The van der Waals surface area contributed by atoms with Gasteiger partial charge < -0.3 is 0 Å². The fraction of sp³-hybridized carbons (Fsp3) is 0.700. The van der Waals surface area contributed by atoms with Crippen molar-refractivity contribution in [3.05, 3.63) is 19.1 Å². The molecule has 0 saturated heterocycles. The molecule has 0 aromatic heterocycles. The molecule has 0 spiro atoms. The second-order valence-corrected chi connectivity index (χ2v) is 3.18. The van der Waals surface area contributed by atoms with Gasteiger partial charge in [0.1, 0.15) is 0 Å². The summed E-state index contributed by atoms with van der Waals surface area (Å²) in [6, 6.07) is 0. The van der Waals surface area contributed by atoms with Crippen molar-refractivity contribution in [2.45, 2.75) is 32.6 Å². The topological polar surface area (TPSA) is 0 Å². The Kier molecular flexibility index (Phi) is 2.98. The van der Waals surface area contributed by atoms with Gasteiger partial charge in [0.25, 0.3) is 0 Å². The Bertz CT molecular complexity index is 101. The van der Waals surface area contributed by atoms with Gasteiger partial charge in [0.2, 0.25) is 0 Å². The molecule has 0 nitrogen and oxygen atoms in total. The fourth-order valence-electron chi connectivity index (χ4n) is 1.37. The lowest BCUT2D eigenvalue weighted by Gasteiger charge is -2.08. The zero-order valence-corrected chi connectivity index (χ0v) is 6.84. The van der Waals surface area contributed by atoms with Crippen molar-refractivity contribution in [1.29, 1.82) is 0 Å². The van der Waals surface area contributed by atoms with Crippen molar-refractivity contribution < 1.29 is 0 Å². The summed E-state index contributed by atoms with van der Waals surface area (Å²) in [6.45, 7) is 6.10. The molecule has 0 aliphatic heterocycles. The number of allylic oxidation sites excluding steroid dienone is 1. The minimum Gasteiger partial charge on any atom is -0.103 e. The van der Waals surface area contributed by atoms with E-state index in [1.807, 2.05) is 0 Å². The van der Waals surface area contributed by atoms with Gasteiger partial charge in [-0.3, -0.25) is 0 Å². The molecule has 1 aliphatic carbocycles. The Morgan fingerprint density at radius 3 is 2.90 bits per heavy atom. The van der Waals surface area contributed by atoms with E-state index in [-0.39, 0.29) is 0 Å². The predicted octanol–water partition coefficient (Wildman–Crippen LogP) is 3.20. The van der Waals surface area contributed by atoms with Gasteiger partial charge in [-0.25, -0.2) is 0 Å². The highest BCUT2D eigenvalue weighted by Gasteiger charge is 2.28. The molecule has 0 aromatic rings. The quantitative estimate of drug-likeness (QED) is 0.510. The Hall–Kier alpha value is -0.260. The summed E-state index contributed by atoms with van der Waals surface area (Å²) >= 11 is 0. The van der Waals surface area contributed by atoms with Gasteiger partial charge in [0.15, 0.2) is 0 Å². The fourth-order valence-corrected chi connectivity index (χ4v) is 1.37. The van der Waals surface area contributed by atoms with Gasteiger partial charge in [0, 0.05) is 0 Å². The molecule has 57 valence electrons. The summed E-state index contributed by atoms with van der Waals surface area (Å²) in [4.78, 5) is 0. The average molecular weight is 137 g/mol. The van der Waals surface area contributed by atoms with Crippen LogP contribution in [0.4, 0.5) is 0 Å². The normalized spacial score (nSPS) is 20.5. The van der Waals surface area contributed by atoms with E-state index in [1.165, 1.54) is 25.7 Å². The number of hydrogen-bond acceptors (Lipinski definition) is 0. The smallest absolute Gasteiger partial charge is 0.0205 e. The van der Waals surface area contributed by atoms with Crippen molar-refractivity contribution in [2.75, 3.05) is 0 Å². The number of unbranched alkanes of at least 4 members (excludes halogenated alkanes) is 1.